The SMILES string of the molecule is CCCCCCCCC(CO)OCCCCCCCCCCC(C)C. The molecule has 152 valence electrons. The van der Waals surface area contributed by atoms with E-state index in [4.69, 9.17) is 4.74 Å². The minimum Gasteiger partial charge on any atom is -0.394 e. The largest absolute Gasteiger partial charge is 0.394 e. The number of rotatable bonds is 20. The second-order valence-electron chi connectivity index (χ2n) is 8.24. The first kappa shape index (κ1) is 24.9. The monoisotopic (exact) mass is 356 g/mol. The first-order chi connectivity index (χ1) is 12.2. The van der Waals surface area contributed by atoms with Gasteiger partial charge in [-0.1, -0.05) is 111 Å². The molecule has 0 saturated carbocycles. The fraction of sp³-hybridized carbons (Fsp3) is 1.00. The third kappa shape index (κ3) is 20.1. The molecule has 2 heteroatoms. The molecule has 0 aliphatic carbocycles. The van der Waals surface area contributed by atoms with Crippen LogP contribution in [-0.4, -0.2) is 24.4 Å². The van der Waals surface area contributed by atoms with Crippen molar-refractivity contribution in [2.45, 2.75) is 130 Å². The van der Waals surface area contributed by atoms with E-state index in [9.17, 15) is 5.11 Å². The molecule has 2 nitrogen and oxygen atoms in total. The van der Waals surface area contributed by atoms with Gasteiger partial charge < -0.3 is 9.84 Å². The second kappa shape index (κ2) is 20.2. The predicted octanol–water partition coefficient (Wildman–Crippen LogP) is 7.28. The fourth-order valence-corrected chi connectivity index (χ4v) is 3.34. The molecule has 0 heterocycles. The van der Waals surface area contributed by atoms with E-state index in [0.29, 0.717) is 0 Å². The first-order valence-corrected chi connectivity index (χ1v) is 11.4. The summed E-state index contributed by atoms with van der Waals surface area (Å²) in [6, 6.07) is 0. The molecule has 1 N–H and O–H groups in total. The van der Waals surface area contributed by atoms with Gasteiger partial charge in [0, 0.05) is 6.61 Å². The Kier molecular flexibility index (Phi) is 20.2. The van der Waals surface area contributed by atoms with Gasteiger partial charge in [-0.15, -0.1) is 0 Å². The summed E-state index contributed by atoms with van der Waals surface area (Å²) in [6.45, 7) is 7.90. The minimum atomic E-state index is 0.0760. The summed E-state index contributed by atoms with van der Waals surface area (Å²) in [5.74, 6) is 0.865. The van der Waals surface area contributed by atoms with Crippen LogP contribution in [0.5, 0.6) is 0 Å². The van der Waals surface area contributed by atoms with Gasteiger partial charge in [-0.2, -0.15) is 0 Å². The standard InChI is InChI=1S/C23H48O2/c1-4-5-6-7-13-16-19-23(21-24)25-20-17-14-11-9-8-10-12-15-18-22(2)3/h22-24H,4-21H2,1-3H3. The van der Waals surface area contributed by atoms with E-state index in [0.717, 1.165) is 25.4 Å². The van der Waals surface area contributed by atoms with Gasteiger partial charge in [-0.3, -0.25) is 0 Å². The summed E-state index contributed by atoms with van der Waals surface area (Å²) in [4.78, 5) is 0. The number of ether oxygens (including phenoxy) is 1. The van der Waals surface area contributed by atoms with Crippen LogP contribution in [0, 0.1) is 5.92 Å². The van der Waals surface area contributed by atoms with Gasteiger partial charge in [0.2, 0.25) is 0 Å². The Morgan fingerprint density at radius 3 is 1.64 bits per heavy atom. The number of aliphatic hydroxyl groups excluding tert-OH is 1. The lowest BCUT2D eigenvalue weighted by atomic mass is 10.0. The van der Waals surface area contributed by atoms with Crippen LogP contribution in [0.1, 0.15) is 124 Å². The molecule has 0 amide bonds. The van der Waals surface area contributed by atoms with Gasteiger partial charge in [0.05, 0.1) is 12.7 Å². The zero-order valence-corrected chi connectivity index (χ0v) is 17.7. The van der Waals surface area contributed by atoms with Crippen molar-refractivity contribution >= 4 is 0 Å². The Bertz CT molecular complexity index is 240. The Morgan fingerprint density at radius 2 is 1.12 bits per heavy atom. The van der Waals surface area contributed by atoms with Crippen molar-refractivity contribution in [1.29, 1.82) is 0 Å². The number of aliphatic hydroxyl groups is 1. The van der Waals surface area contributed by atoms with Crippen molar-refractivity contribution in [3.8, 4) is 0 Å². The van der Waals surface area contributed by atoms with E-state index >= 15 is 0 Å². The Morgan fingerprint density at radius 1 is 0.640 bits per heavy atom. The highest BCUT2D eigenvalue weighted by atomic mass is 16.5. The topological polar surface area (TPSA) is 29.5 Å². The summed E-state index contributed by atoms with van der Waals surface area (Å²) < 4.78 is 5.85. The van der Waals surface area contributed by atoms with E-state index in [2.05, 4.69) is 20.8 Å². The van der Waals surface area contributed by atoms with Gasteiger partial charge in [-0.05, 0) is 18.8 Å². The number of hydrogen-bond acceptors (Lipinski definition) is 2. The number of hydrogen-bond donors (Lipinski definition) is 1. The maximum absolute atomic E-state index is 9.42. The maximum Gasteiger partial charge on any atom is 0.0805 e. The van der Waals surface area contributed by atoms with Gasteiger partial charge in [0.25, 0.3) is 0 Å². The molecule has 0 aromatic heterocycles. The molecule has 0 fully saturated rings. The lowest BCUT2D eigenvalue weighted by molar-refractivity contribution is 0.00497. The van der Waals surface area contributed by atoms with Gasteiger partial charge in [0.15, 0.2) is 0 Å². The molecule has 0 spiro atoms. The molecule has 0 aromatic carbocycles. The summed E-state index contributed by atoms with van der Waals surface area (Å²) in [7, 11) is 0. The van der Waals surface area contributed by atoms with Crippen molar-refractivity contribution in [2.24, 2.45) is 5.92 Å². The Hall–Kier alpha value is -0.0800. The van der Waals surface area contributed by atoms with E-state index in [1.807, 2.05) is 0 Å². The Labute approximate surface area is 159 Å². The normalized spacial score (nSPS) is 12.8. The minimum absolute atomic E-state index is 0.0760. The zero-order chi connectivity index (χ0) is 18.6. The quantitative estimate of drug-likeness (QED) is 0.232. The van der Waals surface area contributed by atoms with Crippen LogP contribution in [0.3, 0.4) is 0 Å². The van der Waals surface area contributed by atoms with Crippen molar-refractivity contribution in [1.82, 2.24) is 0 Å². The lowest BCUT2D eigenvalue weighted by Crippen LogP contribution is -2.18. The molecule has 0 rings (SSSR count). The number of unbranched alkanes of at least 4 members (excludes halogenated alkanes) is 12. The van der Waals surface area contributed by atoms with E-state index in [-0.39, 0.29) is 12.7 Å². The molecule has 1 atom stereocenters. The van der Waals surface area contributed by atoms with Crippen LogP contribution < -0.4 is 0 Å². The van der Waals surface area contributed by atoms with Crippen LogP contribution in [-0.2, 0) is 4.74 Å². The van der Waals surface area contributed by atoms with E-state index in [1.165, 1.54) is 89.9 Å². The summed E-state index contributed by atoms with van der Waals surface area (Å²) in [6.07, 6.45) is 21.1. The average molecular weight is 357 g/mol. The molecule has 0 aromatic rings. The van der Waals surface area contributed by atoms with Crippen LogP contribution >= 0.6 is 0 Å². The van der Waals surface area contributed by atoms with E-state index in [1.54, 1.807) is 0 Å². The Balaban J connectivity index is 3.27. The smallest absolute Gasteiger partial charge is 0.0805 e. The van der Waals surface area contributed by atoms with Crippen molar-refractivity contribution < 1.29 is 9.84 Å². The van der Waals surface area contributed by atoms with Crippen LogP contribution in [0.15, 0.2) is 0 Å². The maximum atomic E-state index is 9.42. The van der Waals surface area contributed by atoms with Crippen LogP contribution in [0.2, 0.25) is 0 Å². The molecule has 0 saturated heterocycles. The highest BCUT2D eigenvalue weighted by molar-refractivity contribution is 4.57. The zero-order valence-electron chi connectivity index (χ0n) is 17.7. The lowest BCUT2D eigenvalue weighted by Gasteiger charge is -2.15. The average Bonchev–Trinajstić information content (AvgIpc) is 2.60. The summed E-state index contributed by atoms with van der Waals surface area (Å²) >= 11 is 0. The predicted molar refractivity (Wildman–Crippen MR) is 111 cm³/mol. The highest BCUT2D eigenvalue weighted by Gasteiger charge is 2.07. The van der Waals surface area contributed by atoms with Crippen molar-refractivity contribution in [3.05, 3.63) is 0 Å². The molecule has 25 heavy (non-hydrogen) atoms. The molecule has 0 aliphatic rings. The summed E-state index contributed by atoms with van der Waals surface area (Å²) in [5.41, 5.74) is 0. The van der Waals surface area contributed by atoms with Gasteiger partial charge in [-0.25, -0.2) is 0 Å². The second-order valence-corrected chi connectivity index (χ2v) is 8.24. The first-order valence-electron chi connectivity index (χ1n) is 11.4. The van der Waals surface area contributed by atoms with Gasteiger partial charge >= 0.3 is 0 Å². The molecular formula is C23H48O2. The van der Waals surface area contributed by atoms with Crippen molar-refractivity contribution in [2.75, 3.05) is 13.2 Å². The fourth-order valence-electron chi connectivity index (χ4n) is 3.34. The van der Waals surface area contributed by atoms with Gasteiger partial charge in [0.1, 0.15) is 0 Å². The molecule has 0 radical (unpaired) electrons. The molecular weight excluding hydrogens is 308 g/mol. The molecule has 0 bridgehead atoms. The third-order valence-electron chi connectivity index (χ3n) is 5.11. The molecule has 1 unspecified atom stereocenters. The molecule has 0 aliphatic heterocycles. The third-order valence-corrected chi connectivity index (χ3v) is 5.11. The van der Waals surface area contributed by atoms with Crippen molar-refractivity contribution in [3.63, 3.8) is 0 Å². The van der Waals surface area contributed by atoms with E-state index < -0.39 is 0 Å². The van der Waals surface area contributed by atoms with Crippen LogP contribution in [0.25, 0.3) is 0 Å². The van der Waals surface area contributed by atoms with Crippen LogP contribution in [0.4, 0.5) is 0 Å². The summed E-state index contributed by atoms with van der Waals surface area (Å²) in [5, 5.41) is 9.42. The highest BCUT2D eigenvalue weighted by Crippen LogP contribution is 2.13.